The van der Waals surface area contributed by atoms with E-state index in [0.717, 1.165) is 31.5 Å². The Hall–Kier alpha value is -1.44. The van der Waals surface area contributed by atoms with Gasteiger partial charge in [-0.25, -0.2) is 8.42 Å². The Morgan fingerprint density at radius 3 is 2.08 bits per heavy atom. The predicted octanol–water partition coefficient (Wildman–Crippen LogP) is 0.927. The minimum Gasteiger partial charge on any atom is -0.341 e. The summed E-state index contributed by atoms with van der Waals surface area (Å²) < 4.78 is 24.9. The summed E-state index contributed by atoms with van der Waals surface area (Å²) in [6.45, 7) is 3.68. The molecule has 2 aliphatic rings. The van der Waals surface area contributed by atoms with Gasteiger partial charge in [-0.1, -0.05) is 30.3 Å². The normalized spacial score (nSPS) is 21.8. The molecule has 24 heavy (non-hydrogen) atoms. The average Bonchev–Trinajstić information content (AvgIpc) is 3.10. The molecule has 1 amide bonds. The molecule has 7 heteroatoms. The van der Waals surface area contributed by atoms with E-state index < -0.39 is 10.0 Å². The molecule has 3 rings (SSSR count). The maximum Gasteiger partial charge on any atom is 0.244 e. The number of carbonyl (C=O) groups excluding carboxylic acids is 1. The van der Waals surface area contributed by atoms with E-state index in [0.29, 0.717) is 26.2 Å². The van der Waals surface area contributed by atoms with E-state index in [-0.39, 0.29) is 11.9 Å². The molecule has 132 valence electrons. The zero-order chi connectivity index (χ0) is 17.2. The number of rotatable bonds is 4. The molecule has 6 nitrogen and oxygen atoms in total. The standard InChI is InChI=1S/C17H25N3O3S/c1-24(22,23)20-13-11-18(12-14-20)16(15-7-3-2-4-8-15)17(21)19-9-5-6-10-19/h2-4,7-8,16H,5-6,9-14H2,1H3/t16-/m1/s1. The number of nitrogens with zero attached hydrogens (tertiary/aromatic N) is 3. The first-order valence-corrected chi connectivity index (χ1v) is 10.3. The van der Waals surface area contributed by atoms with Crippen LogP contribution >= 0.6 is 0 Å². The quantitative estimate of drug-likeness (QED) is 0.810. The summed E-state index contributed by atoms with van der Waals surface area (Å²) >= 11 is 0. The van der Waals surface area contributed by atoms with E-state index in [4.69, 9.17) is 0 Å². The third-order valence-corrected chi connectivity index (χ3v) is 6.18. The molecule has 0 radical (unpaired) electrons. The lowest BCUT2D eigenvalue weighted by atomic mass is 10.0. The van der Waals surface area contributed by atoms with Crippen LogP contribution in [-0.4, -0.2) is 74.0 Å². The second-order valence-electron chi connectivity index (χ2n) is 6.54. The van der Waals surface area contributed by atoms with Crippen LogP contribution in [0.15, 0.2) is 30.3 Å². The highest BCUT2D eigenvalue weighted by Crippen LogP contribution is 2.26. The minimum atomic E-state index is -3.16. The third-order valence-electron chi connectivity index (χ3n) is 4.87. The summed E-state index contributed by atoms with van der Waals surface area (Å²) in [6.07, 6.45) is 3.37. The van der Waals surface area contributed by atoms with Crippen molar-refractivity contribution in [3.63, 3.8) is 0 Å². The van der Waals surface area contributed by atoms with E-state index in [2.05, 4.69) is 4.90 Å². The Balaban J connectivity index is 1.79. The molecule has 0 N–H and O–H groups in total. The van der Waals surface area contributed by atoms with Gasteiger partial charge in [0, 0.05) is 39.3 Å². The minimum absolute atomic E-state index is 0.145. The first kappa shape index (κ1) is 17.4. The van der Waals surface area contributed by atoms with Crippen molar-refractivity contribution in [1.29, 1.82) is 0 Å². The fraction of sp³-hybridized carbons (Fsp3) is 0.588. The van der Waals surface area contributed by atoms with Crippen molar-refractivity contribution in [1.82, 2.24) is 14.1 Å². The molecule has 0 bridgehead atoms. The van der Waals surface area contributed by atoms with Gasteiger partial charge in [0.1, 0.15) is 6.04 Å². The van der Waals surface area contributed by atoms with Gasteiger partial charge in [0.05, 0.1) is 6.26 Å². The topological polar surface area (TPSA) is 60.9 Å². The fourth-order valence-corrected chi connectivity index (χ4v) is 4.38. The highest BCUT2D eigenvalue weighted by atomic mass is 32.2. The van der Waals surface area contributed by atoms with Crippen LogP contribution in [0.2, 0.25) is 0 Å². The van der Waals surface area contributed by atoms with Gasteiger partial charge in [-0.15, -0.1) is 0 Å². The van der Waals surface area contributed by atoms with Crippen LogP contribution in [-0.2, 0) is 14.8 Å². The molecule has 2 heterocycles. The first-order chi connectivity index (χ1) is 11.5. The molecule has 0 aromatic heterocycles. The summed E-state index contributed by atoms with van der Waals surface area (Å²) in [7, 11) is -3.16. The van der Waals surface area contributed by atoms with Crippen LogP contribution in [0.5, 0.6) is 0 Å². The smallest absolute Gasteiger partial charge is 0.244 e. The fourth-order valence-electron chi connectivity index (χ4n) is 3.55. The van der Waals surface area contributed by atoms with Gasteiger partial charge in [-0.05, 0) is 18.4 Å². The van der Waals surface area contributed by atoms with Crippen molar-refractivity contribution < 1.29 is 13.2 Å². The van der Waals surface area contributed by atoms with E-state index in [1.165, 1.54) is 10.6 Å². The highest BCUT2D eigenvalue weighted by molar-refractivity contribution is 7.88. The lowest BCUT2D eigenvalue weighted by molar-refractivity contribution is -0.136. The summed E-state index contributed by atoms with van der Waals surface area (Å²) in [5.41, 5.74) is 0.988. The number of likely N-dealkylation sites (tertiary alicyclic amines) is 1. The maximum atomic E-state index is 13.1. The Morgan fingerprint density at radius 2 is 1.54 bits per heavy atom. The molecule has 2 saturated heterocycles. The molecular formula is C17H25N3O3S. The van der Waals surface area contributed by atoms with Gasteiger partial charge in [0.2, 0.25) is 15.9 Å². The van der Waals surface area contributed by atoms with Crippen LogP contribution in [0, 0.1) is 0 Å². The van der Waals surface area contributed by atoms with Gasteiger partial charge in [0.15, 0.2) is 0 Å². The molecule has 0 unspecified atom stereocenters. The van der Waals surface area contributed by atoms with Crippen molar-refractivity contribution in [2.45, 2.75) is 18.9 Å². The van der Waals surface area contributed by atoms with E-state index in [1.807, 2.05) is 35.2 Å². The second kappa shape index (κ2) is 7.21. The van der Waals surface area contributed by atoms with Crippen LogP contribution in [0.4, 0.5) is 0 Å². The van der Waals surface area contributed by atoms with Crippen LogP contribution in [0.25, 0.3) is 0 Å². The summed E-state index contributed by atoms with van der Waals surface area (Å²) in [5.74, 6) is 0.145. The Kier molecular flexibility index (Phi) is 5.22. The van der Waals surface area contributed by atoms with Crippen LogP contribution in [0.3, 0.4) is 0 Å². The van der Waals surface area contributed by atoms with Crippen molar-refractivity contribution >= 4 is 15.9 Å². The van der Waals surface area contributed by atoms with Gasteiger partial charge in [-0.2, -0.15) is 4.31 Å². The molecular weight excluding hydrogens is 326 g/mol. The Bertz CT molecular complexity index is 664. The lowest BCUT2D eigenvalue weighted by Gasteiger charge is -2.39. The van der Waals surface area contributed by atoms with Gasteiger partial charge >= 0.3 is 0 Å². The summed E-state index contributed by atoms with van der Waals surface area (Å²) in [6, 6.07) is 9.51. The van der Waals surface area contributed by atoms with Gasteiger partial charge in [0.25, 0.3) is 0 Å². The Morgan fingerprint density at radius 1 is 0.958 bits per heavy atom. The van der Waals surface area contributed by atoms with Gasteiger partial charge < -0.3 is 4.90 Å². The number of hydrogen-bond acceptors (Lipinski definition) is 4. The second-order valence-corrected chi connectivity index (χ2v) is 8.53. The van der Waals surface area contributed by atoms with Crippen molar-refractivity contribution in [3.05, 3.63) is 35.9 Å². The molecule has 2 aliphatic heterocycles. The average molecular weight is 351 g/mol. The monoisotopic (exact) mass is 351 g/mol. The van der Waals surface area contributed by atoms with Crippen molar-refractivity contribution in [2.75, 3.05) is 45.5 Å². The Labute approximate surface area is 144 Å². The van der Waals surface area contributed by atoms with E-state index in [9.17, 15) is 13.2 Å². The molecule has 0 aliphatic carbocycles. The maximum absolute atomic E-state index is 13.1. The summed E-state index contributed by atoms with van der Waals surface area (Å²) in [5, 5.41) is 0. The molecule has 1 atom stereocenters. The van der Waals surface area contributed by atoms with Crippen molar-refractivity contribution in [2.24, 2.45) is 0 Å². The number of carbonyl (C=O) groups is 1. The molecule has 0 saturated carbocycles. The molecule has 2 fully saturated rings. The van der Waals surface area contributed by atoms with E-state index >= 15 is 0 Å². The van der Waals surface area contributed by atoms with E-state index in [1.54, 1.807) is 0 Å². The SMILES string of the molecule is CS(=O)(=O)N1CCN([C@@H](C(=O)N2CCCC2)c2ccccc2)CC1. The predicted molar refractivity (Wildman–Crippen MR) is 93.0 cm³/mol. The number of sulfonamides is 1. The number of amides is 1. The zero-order valence-electron chi connectivity index (χ0n) is 14.1. The zero-order valence-corrected chi connectivity index (χ0v) is 14.9. The number of piperazine rings is 1. The largest absolute Gasteiger partial charge is 0.341 e. The van der Waals surface area contributed by atoms with Gasteiger partial charge in [-0.3, -0.25) is 9.69 Å². The van der Waals surface area contributed by atoms with Crippen molar-refractivity contribution in [3.8, 4) is 0 Å². The number of hydrogen-bond donors (Lipinski definition) is 0. The molecule has 1 aromatic carbocycles. The lowest BCUT2D eigenvalue weighted by Crippen LogP contribution is -2.52. The highest BCUT2D eigenvalue weighted by Gasteiger charge is 2.35. The molecule has 1 aromatic rings. The number of benzene rings is 1. The van der Waals surface area contributed by atoms with Crippen LogP contribution < -0.4 is 0 Å². The third kappa shape index (κ3) is 3.79. The van der Waals surface area contributed by atoms with Crippen LogP contribution in [0.1, 0.15) is 24.4 Å². The summed E-state index contributed by atoms with van der Waals surface area (Å²) in [4.78, 5) is 17.1. The first-order valence-electron chi connectivity index (χ1n) is 8.50. The molecule has 0 spiro atoms.